The van der Waals surface area contributed by atoms with Crippen LogP contribution in [0.25, 0.3) is 28.0 Å². The number of nitrogens with one attached hydrogen (secondary N) is 1. The zero-order valence-electron chi connectivity index (χ0n) is 22.0. The Morgan fingerprint density at radius 3 is 2.37 bits per heavy atom. The molecule has 0 saturated carbocycles. The molecule has 2 aromatic carbocycles. The van der Waals surface area contributed by atoms with Crippen molar-refractivity contribution in [1.29, 1.82) is 0 Å². The van der Waals surface area contributed by atoms with E-state index >= 15 is 0 Å². The number of amides is 1. The molecule has 4 N–H and O–H groups in total. The number of aliphatic hydroxyl groups is 1. The van der Waals surface area contributed by atoms with E-state index < -0.39 is 12.0 Å². The summed E-state index contributed by atoms with van der Waals surface area (Å²) in [7, 11) is 1.78. The van der Waals surface area contributed by atoms with Gasteiger partial charge < -0.3 is 16.2 Å². The maximum absolute atomic E-state index is 13.1. The molecule has 0 aliphatic rings. The molecule has 1 unspecified atom stereocenters. The smallest absolute Gasteiger partial charge is 0.258 e. The molecule has 1 atom stereocenters. The molecule has 5 rings (SSSR count). The van der Waals surface area contributed by atoms with E-state index in [0.717, 1.165) is 22.5 Å². The fraction of sp³-hybridized carbons (Fsp3) is 0.250. The maximum Gasteiger partial charge on any atom is 0.258 e. The monoisotopic (exact) mass is 510 g/mol. The lowest BCUT2D eigenvalue weighted by atomic mass is 9.92. The maximum atomic E-state index is 13.1. The zero-order valence-corrected chi connectivity index (χ0v) is 22.0. The average molecular weight is 511 g/mol. The molecule has 38 heavy (non-hydrogen) atoms. The Bertz CT molecular complexity index is 1630. The Balaban J connectivity index is 1.41. The number of aromatic nitrogens is 6. The van der Waals surface area contributed by atoms with Crippen molar-refractivity contribution in [2.75, 3.05) is 11.1 Å². The first-order chi connectivity index (χ1) is 18.0. The van der Waals surface area contributed by atoms with Crippen LogP contribution in [0, 0.1) is 6.92 Å². The normalized spacial score (nSPS) is 12.6. The van der Waals surface area contributed by atoms with Gasteiger partial charge in [-0.1, -0.05) is 62.7 Å². The zero-order chi connectivity index (χ0) is 27.2. The number of anilines is 2. The second-order valence-corrected chi connectivity index (χ2v) is 10.4. The molecule has 0 aliphatic carbocycles. The number of carbonyl (C=O) groups is 1. The fourth-order valence-electron chi connectivity index (χ4n) is 4.20. The van der Waals surface area contributed by atoms with Crippen LogP contribution in [0.2, 0.25) is 0 Å². The minimum Gasteiger partial charge on any atom is -0.383 e. The number of fused-ring (bicyclic) bond motifs is 1. The van der Waals surface area contributed by atoms with Gasteiger partial charge in [-0.25, -0.2) is 19.3 Å². The first-order valence-electron chi connectivity index (χ1n) is 12.2. The van der Waals surface area contributed by atoms with Gasteiger partial charge in [-0.15, -0.1) is 0 Å². The highest BCUT2D eigenvalue weighted by atomic mass is 16.3. The molecular weight excluding hydrogens is 480 g/mol. The summed E-state index contributed by atoms with van der Waals surface area (Å²) >= 11 is 0. The van der Waals surface area contributed by atoms with Crippen molar-refractivity contribution >= 4 is 28.6 Å². The van der Waals surface area contributed by atoms with Crippen LogP contribution >= 0.6 is 0 Å². The van der Waals surface area contributed by atoms with E-state index in [4.69, 9.17) is 10.8 Å². The molecule has 3 aromatic heterocycles. The lowest BCUT2D eigenvalue weighted by Gasteiger charge is -2.14. The van der Waals surface area contributed by atoms with E-state index in [0.29, 0.717) is 33.9 Å². The molecule has 3 heterocycles. The summed E-state index contributed by atoms with van der Waals surface area (Å²) in [5.74, 6) is 0.253. The number of nitrogens with zero attached hydrogens (tertiary/aromatic N) is 6. The van der Waals surface area contributed by atoms with Crippen LogP contribution in [-0.4, -0.2) is 40.5 Å². The van der Waals surface area contributed by atoms with Crippen LogP contribution in [-0.2, 0) is 17.3 Å². The number of benzene rings is 2. The van der Waals surface area contributed by atoms with Crippen molar-refractivity contribution in [2.45, 2.75) is 39.2 Å². The van der Waals surface area contributed by atoms with E-state index in [1.807, 2.05) is 37.3 Å². The Kier molecular flexibility index (Phi) is 6.20. The van der Waals surface area contributed by atoms with Crippen LogP contribution in [0.1, 0.15) is 43.7 Å². The Morgan fingerprint density at radius 1 is 1.03 bits per heavy atom. The van der Waals surface area contributed by atoms with Gasteiger partial charge in [0.05, 0.1) is 16.8 Å². The predicted octanol–water partition coefficient (Wildman–Crippen LogP) is 4.08. The van der Waals surface area contributed by atoms with E-state index in [-0.39, 0.29) is 5.41 Å². The molecular formula is C28H30N8O2. The van der Waals surface area contributed by atoms with Crippen molar-refractivity contribution in [1.82, 2.24) is 29.5 Å². The van der Waals surface area contributed by atoms with Gasteiger partial charge in [0.25, 0.3) is 5.91 Å². The second kappa shape index (κ2) is 9.38. The Hall–Kier alpha value is -4.57. The third-order valence-corrected chi connectivity index (χ3v) is 6.41. The predicted molar refractivity (Wildman–Crippen MR) is 147 cm³/mol. The summed E-state index contributed by atoms with van der Waals surface area (Å²) in [5.41, 5.74) is 11.1. The summed E-state index contributed by atoms with van der Waals surface area (Å²) in [6.45, 7) is 8.18. The number of nitrogens with two attached hydrogens (primary N) is 1. The Morgan fingerprint density at radius 2 is 1.71 bits per heavy atom. The van der Waals surface area contributed by atoms with Gasteiger partial charge in [0.15, 0.2) is 11.8 Å². The Labute approximate surface area is 220 Å². The highest BCUT2D eigenvalue weighted by Crippen LogP contribution is 2.31. The second-order valence-electron chi connectivity index (χ2n) is 10.4. The fourth-order valence-corrected chi connectivity index (χ4v) is 4.20. The minimum atomic E-state index is -1.39. The number of hydrogen-bond acceptors (Lipinski definition) is 7. The molecule has 0 fully saturated rings. The van der Waals surface area contributed by atoms with Gasteiger partial charge in [0.1, 0.15) is 23.7 Å². The number of rotatable bonds is 5. The van der Waals surface area contributed by atoms with Crippen LogP contribution in [0.5, 0.6) is 0 Å². The van der Waals surface area contributed by atoms with Gasteiger partial charge in [0, 0.05) is 24.1 Å². The van der Waals surface area contributed by atoms with Crippen molar-refractivity contribution in [3.05, 3.63) is 77.7 Å². The van der Waals surface area contributed by atoms with Crippen LogP contribution in [0.15, 0.2) is 60.9 Å². The molecule has 194 valence electrons. The number of aliphatic hydroxyl groups excluding tert-OH is 1. The topological polar surface area (TPSA) is 137 Å². The largest absolute Gasteiger partial charge is 0.383 e. The number of hydrogen-bond donors (Lipinski definition) is 3. The summed E-state index contributed by atoms with van der Waals surface area (Å²) in [4.78, 5) is 21.5. The molecule has 1 amide bonds. The van der Waals surface area contributed by atoms with Crippen molar-refractivity contribution in [3.63, 3.8) is 0 Å². The first-order valence-corrected chi connectivity index (χ1v) is 12.2. The van der Waals surface area contributed by atoms with Crippen LogP contribution < -0.4 is 11.1 Å². The molecule has 10 nitrogen and oxygen atoms in total. The summed E-state index contributed by atoms with van der Waals surface area (Å²) < 4.78 is 3.33. The van der Waals surface area contributed by atoms with E-state index in [1.54, 1.807) is 40.7 Å². The minimum absolute atomic E-state index is 0.228. The van der Waals surface area contributed by atoms with E-state index in [1.165, 1.54) is 6.33 Å². The van der Waals surface area contributed by atoms with Gasteiger partial charge >= 0.3 is 0 Å². The lowest BCUT2D eigenvalue weighted by Crippen LogP contribution is -2.22. The van der Waals surface area contributed by atoms with Crippen molar-refractivity contribution < 1.29 is 9.90 Å². The third-order valence-electron chi connectivity index (χ3n) is 6.41. The van der Waals surface area contributed by atoms with Crippen LogP contribution in [0.3, 0.4) is 0 Å². The van der Waals surface area contributed by atoms with Crippen molar-refractivity contribution in [2.24, 2.45) is 7.05 Å². The standard InChI is InChI=1S/C28H30N8O2/c1-16-6-12-19(13-7-16)36-21(14-20(33-36)28(2,3)4)32-27(38)24(37)18-10-8-17(9-11-18)23-22-25(29)30-15-31-26(22)35(5)34-23/h6-15,24,37H,1-5H3,(H,32,38)(H2,29,30,31). The van der Waals surface area contributed by atoms with E-state index in [9.17, 15) is 9.90 Å². The van der Waals surface area contributed by atoms with Crippen molar-refractivity contribution in [3.8, 4) is 16.9 Å². The highest BCUT2D eigenvalue weighted by molar-refractivity contribution is 5.98. The summed E-state index contributed by atoms with van der Waals surface area (Å²) in [6.07, 6.45) is 0.00792. The molecule has 0 aliphatic heterocycles. The lowest BCUT2D eigenvalue weighted by molar-refractivity contribution is -0.124. The number of nitrogen functional groups attached to an aromatic ring is 1. The third kappa shape index (κ3) is 4.61. The number of aryl methyl sites for hydroxylation is 2. The van der Waals surface area contributed by atoms with Gasteiger partial charge in [0.2, 0.25) is 0 Å². The molecule has 10 heteroatoms. The SMILES string of the molecule is Cc1ccc(-n2nc(C(C)(C)C)cc2NC(=O)C(O)c2ccc(-c3nn(C)c4ncnc(N)c34)cc2)cc1. The number of carbonyl (C=O) groups excluding carboxylic acids is 1. The van der Waals surface area contributed by atoms with Crippen LogP contribution in [0.4, 0.5) is 11.6 Å². The first kappa shape index (κ1) is 25.1. The van der Waals surface area contributed by atoms with Gasteiger partial charge in [-0.2, -0.15) is 10.2 Å². The molecule has 0 radical (unpaired) electrons. The molecule has 0 spiro atoms. The van der Waals surface area contributed by atoms with E-state index in [2.05, 4.69) is 41.2 Å². The summed E-state index contributed by atoms with van der Waals surface area (Å²) in [6, 6.07) is 16.7. The molecule has 5 aromatic rings. The van der Waals surface area contributed by atoms with Gasteiger partial charge in [-0.3, -0.25) is 4.79 Å². The quantitative estimate of drug-likeness (QED) is 0.324. The summed E-state index contributed by atoms with van der Waals surface area (Å²) in [5, 5.41) is 23.7. The average Bonchev–Trinajstić information content (AvgIpc) is 3.46. The van der Waals surface area contributed by atoms with Gasteiger partial charge in [-0.05, 0) is 24.6 Å². The molecule has 0 bridgehead atoms. The highest BCUT2D eigenvalue weighted by Gasteiger charge is 2.24. The molecule has 0 saturated heterocycles.